The van der Waals surface area contributed by atoms with Crippen LogP contribution in [0.25, 0.3) is 22.5 Å². The SMILES string of the molecule is Cc1[nH]c([C@@H](C(C)C)n2c(O)c(-c3ccc(OC[C@H](O)CO)cc3)[nH]c2=O)nc1-c1ccc(I)cc1Cl. The smallest absolute Gasteiger partial charge is 0.329 e. The lowest BCUT2D eigenvalue weighted by atomic mass is 10.0. The standard InChI is InChI=1S/C26H28ClIN4O5/c1-13(2)23(24-29-14(3)21(30-24)19-9-6-16(28)10-20(19)27)32-25(35)22(31-26(32)36)15-4-7-18(8-5-15)37-12-17(34)11-33/h4-10,13,17,23,33-35H,11-12H2,1-3H3,(H,29,30)(H,31,36)/t17-,23-/m1/s1. The number of nitrogens with zero attached hydrogens (tertiary/aromatic N) is 2. The number of ether oxygens (including phenoxy) is 1. The molecule has 2 heterocycles. The van der Waals surface area contributed by atoms with E-state index in [4.69, 9.17) is 26.4 Å². The number of aromatic nitrogens is 4. The molecule has 0 amide bonds. The van der Waals surface area contributed by atoms with Crippen LogP contribution in [0.1, 0.15) is 31.4 Å². The van der Waals surface area contributed by atoms with E-state index in [9.17, 15) is 15.0 Å². The summed E-state index contributed by atoms with van der Waals surface area (Å²) in [5.74, 6) is 0.708. The van der Waals surface area contributed by atoms with Gasteiger partial charge in [-0.05, 0) is 71.8 Å². The van der Waals surface area contributed by atoms with Crippen LogP contribution in [0.3, 0.4) is 0 Å². The fourth-order valence-corrected chi connectivity index (χ4v) is 5.11. The number of aryl methyl sites for hydroxylation is 1. The van der Waals surface area contributed by atoms with Crippen LogP contribution >= 0.6 is 34.2 Å². The van der Waals surface area contributed by atoms with Gasteiger partial charge in [-0.3, -0.25) is 4.57 Å². The van der Waals surface area contributed by atoms with E-state index in [0.29, 0.717) is 27.9 Å². The summed E-state index contributed by atoms with van der Waals surface area (Å²) < 4.78 is 7.75. The molecule has 0 bridgehead atoms. The van der Waals surface area contributed by atoms with Gasteiger partial charge >= 0.3 is 5.69 Å². The van der Waals surface area contributed by atoms with Crippen LogP contribution in [-0.2, 0) is 0 Å². The number of hydrogen-bond acceptors (Lipinski definition) is 6. The average Bonchev–Trinajstić information content (AvgIpc) is 3.37. The Hall–Kier alpha value is -2.80. The average molecular weight is 639 g/mol. The second-order valence-electron chi connectivity index (χ2n) is 9.08. The van der Waals surface area contributed by atoms with Crippen molar-refractivity contribution in [2.45, 2.75) is 32.9 Å². The second-order valence-corrected chi connectivity index (χ2v) is 10.7. The highest BCUT2D eigenvalue weighted by molar-refractivity contribution is 14.1. The van der Waals surface area contributed by atoms with Crippen LogP contribution in [0.2, 0.25) is 5.02 Å². The fraction of sp³-hybridized carbons (Fsp3) is 0.308. The number of benzene rings is 2. The minimum atomic E-state index is -0.977. The Bertz CT molecular complexity index is 1440. The predicted octanol–water partition coefficient (Wildman–Crippen LogP) is 4.48. The molecule has 0 aliphatic rings. The minimum Gasteiger partial charge on any atom is -0.493 e. The predicted molar refractivity (Wildman–Crippen MR) is 150 cm³/mol. The first-order valence-corrected chi connectivity index (χ1v) is 13.1. The summed E-state index contributed by atoms with van der Waals surface area (Å²) in [6, 6.07) is 11.8. The summed E-state index contributed by atoms with van der Waals surface area (Å²) in [6.07, 6.45) is -0.977. The molecule has 5 N–H and O–H groups in total. The normalized spacial score (nSPS) is 13.2. The van der Waals surface area contributed by atoms with E-state index in [1.165, 1.54) is 4.57 Å². The molecule has 11 heteroatoms. The van der Waals surface area contributed by atoms with Gasteiger partial charge in [0, 0.05) is 20.4 Å². The molecule has 37 heavy (non-hydrogen) atoms. The quantitative estimate of drug-likeness (QED) is 0.172. The third-order valence-electron chi connectivity index (χ3n) is 5.98. The zero-order chi connectivity index (χ0) is 26.9. The van der Waals surface area contributed by atoms with Gasteiger partial charge in [0.15, 0.2) is 0 Å². The second kappa shape index (κ2) is 11.3. The van der Waals surface area contributed by atoms with E-state index in [0.717, 1.165) is 14.8 Å². The number of imidazole rings is 2. The maximum Gasteiger partial charge on any atom is 0.329 e. The lowest BCUT2D eigenvalue weighted by Gasteiger charge is -2.20. The highest BCUT2D eigenvalue weighted by Crippen LogP contribution is 2.36. The first kappa shape index (κ1) is 27.2. The summed E-state index contributed by atoms with van der Waals surface area (Å²) in [6.45, 7) is 5.34. The van der Waals surface area contributed by atoms with E-state index in [1.54, 1.807) is 24.3 Å². The number of nitrogens with one attached hydrogen (secondary N) is 2. The molecule has 196 valence electrons. The molecule has 2 atom stereocenters. The molecule has 0 aliphatic heterocycles. The number of aliphatic hydroxyl groups excluding tert-OH is 2. The molecule has 0 aliphatic carbocycles. The Labute approximate surface area is 232 Å². The van der Waals surface area contributed by atoms with Crippen molar-refractivity contribution in [3.63, 3.8) is 0 Å². The Kier molecular flexibility index (Phi) is 8.32. The summed E-state index contributed by atoms with van der Waals surface area (Å²) >= 11 is 8.69. The summed E-state index contributed by atoms with van der Waals surface area (Å²) in [5.41, 5.74) is 2.64. The van der Waals surface area contributed by atoms with Gasteiger partial charge in [-0.25, -0.2) is 9.78 Å². The zero-order valence-electron chi connectivity index (χ0n) is 20.5. The Morgan fingerprint density at radius 3 is 2.49 bits per heavy atom. The number of hydrogen-bond donors (Lipinski definition) is 5. The largest absolute Gasteiger partial charge is 0.493 e. The first-order chi connectivity index (χ1) is 17.6. The molecule has 0 saturated heterocycles. The fourth-order valence-electron chi connectivity index (χ4n) is 4.17. The third kappa shape index (κ3) is 5.71. The number of H-pyrrole nitrogens is 2. The van der Waals surface area contributed by atoms with Gasteiger partial charge in [0.1, 0.15) is 36.0 Å². The van der Waals surface area contributed by atoms with Crippen LogP contribution in [-0.4, -0.2) is 54.2 Å². The van der Waals surface area contributed by atoms with Crippen LogP contribution in [0.15, 0.2) is 47.3 Å². The molecule has 0 fully saturated rings. The zero-order valence-corrected chi connectivity index (χ0v) is 23.4. The van der Waals surface area contributed by atoms with Gasteiger partial charge in [0.2, 0.25) is 5.88 Å². The number of aliphatic hydroxyl groups is 2. The highest BCUT2D eigenvalue weighted by atomic mass is 127. The van der Waals surface area contributed by atoms with Crippen molar-refractivity contribution in [1.29, 1.82) is 0 Å². The Balaban J connectivity index is 1.69. The van der Waals surface area contributed by atoms with E-state index >= 15 is 0 Å². The molecular weight excluding hydrogens is 611 g/mol. The van der Waals surface area contributed by atoms with Crippen molar-refractivity contribution < 1.29 is 20.1 Å². The monoisotopic (exact) mass is 638 g/mol. The summed E-state index contributed by atoms with van der Waals surface area (Å²) in [5, 5.41) is 30.1. The van der Waals surface area contributed by atoms with Crippen molar-refractivity contribution in [1.82, 2.24) is 19.5 Å². The lowest BCUT2D eigenvalue weighted by molar-refractivity contribution is 0.0536. The third-order valence-corrected chi connectivity index (χ3v) is 6.96. The van der Waals surface area contributed by atoms with Gasteiger partial charge in [-0.1, -0.05) is 31.5 Å². The van der Waals surface area contributed by atoms with Gasteiger partial charge < -0.3 is 30.0 Å². The van der Waals surface area contributed by atoms with Gasteiger partial charge in [-0.15, -0.1) is 0 Å². The molecule has 2 aromatic heterocycles. The first-order valence-electron chi connectivity index (χ1n) is 11.7. The molecular formula is C26H28ClIN4O5. The van der Waals surface area contributed by atoms with Crippen LogP contribution in [0.5, 0.6) is 11.6 Å². The minimum absolute atomic E-state index is 0.0532. The number of halogens is 2. The number of aromatic hydroxyl groups is 1. The summed E-state index contributed by atoms with van der Waals surface area (Å²) in [7, 11) is 0. The van der Waals surface area contributed by atoms with Crippen molar-refractivity contribution >= 4 is 34.2 Å². The lowest BCUT2D eigenvalue weighted by Crippen LogP contribution is -2.27. The molecule has 9 nitrogen and oxygen atoms in total. The van der Waals surface area contributed by atoms with Crippen molar-refractivity contribution in [3.8, 4) is 34.1 Å². The maximum absolute atomic E-state index is 13.1. The molecule has 0 spiro atoms. The molecule has 4 rings (SSSR count). The van der Waals surface area contributed by atoms with E-state index in [2.05, 4.69) is 32.6 Å². The Morgan fingerprint density at radius 2 is 1.86 bits per heavy atom. The van der Waals surface area contributed by atoms with E-state index in [-0.39, 0.29) is 24.1 Å². The van der Waals surface area contributed by atoms with E-state index in [1.807, 2.05) is 39.0 Å². The number of aromatic amines is 2. The van der Waals surface area contributed by atoms with Gasteiger partial charge in [0.25, 0.3) is 0 Å². The van der Waals surface area contributed by atoms with Crippen LogP contribution < -0.4 is 10.4 Å². The molecule has 0 saturated carbocycles. The van der Waals surface area contributed by atoms with Crippen molar-refractivity contribution in [2.24, 2.45) is 5.92 Å². The van der Waals surface area contributed by atoms with Crippen molar-refractivity contribution in [2.75, 3.05) is 13.2 Å². The molecule has 0 radical (unpaired) electrons. The van der Waals surface area contributed by atoms with Crippen LogP contribution in [0.4, 0.5) is 0 Å². The van der Waals surface area contributed by atoms with Crippen LogP contribution in [0, 0.1) is 16.4 Å². The van der Waals surface area contributed by atoms with E-state index < -0.39 is 24.4 Å². The van der Waals surface area contributed by atoms with Crippen molar-refractivity contribution in [3.05, 3.63) is 73.1 Å². The molecule has 0 unspecified atom stereocenters. The molecule has 2 aromatic carbocycles. The summed E-state index contributed by atoms with van der Waals surface area (Å²) in [4.78, 5) is 24.0. The Morgan fingerprint density at radius 1 is 1.16 bits per heavy atom. The van der Waals surface area contributed by atoms with Gasteiger partial charge in [-0.2, -0.15) is 0 Å². The molecule has 4 aromatic rings. The maximum atomic E-state index is 13.1. The highest BCUT2D eigenvalue weighted by Gasteiger charge is 2.29. The topological polar surface area (TPSA) is 136 Å². The number of rotatable bonds is 9. The van der Waals surface area contributed by atoms with Gasteiger partial charge in [0.05, 0.1) is 17.3 Å².